The van der Waals surface area contributed by atoms with E-state index >= 15 is 0 Å². The molecule has 0 spiro atoms. The minimum atomic E-state index is -3.86. The normalized spacial score (nSPS) is 10.4. The van der Waals surface area contributed by atoms with Crippen molar-refractivity contribution in [3.05, 3.63) is 23.8 Å². The van der Waals surface area contributed by atoms with E-state index in [4.69, 9.17) is 9.66 Å². The molecule has 0 radical (unpaired) electrons. The van der Waals surface area contributed by atoms with Gasteiger partial charge in [0.2, 0.25) is 0 Å². The van der Waals surface area contributed by atoms with E-state index in [-0.39, 0.29) is 32.1 Å². The SMILES string of the molecule is C.C.O=S(=O)(O)CCCCNCc1ccc(O)c(O)c1. The molecule has 0 aromatic heterocycles. The zero-order chi connectivity index (χ0) is 13.6. The van der Waals surface area contributed by atoms with E-state index in [1.807, 2.05) is 0 Å². The number of hydrogen-bond acceptors (Lipinski definition) is 5. The molecule has 0 unspecified atom stereocenters. The van der Waals surface area contributed by atoms with Gasteiger partial charge in [-0.15, -0.1) is 0 Å². The summed E-state index contributed by atoms with van der Waals surface area (Å²) in [5.74, 6) is -0.554. The van der Waals surface area contributed by atoms with Gasteiger partial charge in [-0.1, -0.05) is 20.9 Å². The van der Waals surface area contributed by atoms with Crippen LogP contribution in [-0.2, 0) is 16.7 Å². The summed E-state index contributed by atoms with van der Waals surface area (Å²) in [6, 6.07) is 4.55. The molecule has 1 rings (SSSR count). The van der Waals surface area contributed by atoms with Crippen molar-refractivity contribution in [1.82, 2.24) is 5.32 Å². The van der Waals surface area contributed by atoms with Crippen LogP contribution in [0.4, 0.5) is 0 Å². The number of phenols is 2. The van der Waals surface area contributed by atoms with Crippen LogP contribution in [0, 0.1) is 0 Å². The first-order valence-corrected chi connectivity index (χ1v) is 7.16. The molecule has 4 N–H and O–H groups in total. The van der Waals surface area contributed by atoms with Crippen molar-refractivity contribution in [2.75, 3.05) is 12.3 Å². The van der Waals surface area contributed by atoms with Crippen molar-refractivity contribution in [3.8, 4) is 11.5 Å². The van der Waals surface area contributed by atoms with Crippen LogP contribution in [0.5, 0.6) is 11.5 Å². The standard InChI is InChI=1S/C11H17NO5S.2CH4/c13-10-4-3-9(7-11(10)14)8-12-5-1-2-6-18(15,16)17;;/h3-4,7,12-14H,1-2,5-6,8H2,(H,15,16,17);2*1H4. The topological polar surface area (TPSA) is 107 Å². The van der Waals surface area contributed by atoms with E-state index in [1.54, 1.807) is 6.07 Å². The Balaban J connectivity index is 0. The van der Waals surface area contributed by atoms with Crippen LogP contribution in [0.1, 0.15) is 33.3 Å². The smallest absolute Gasteiger partial charge is 0.264 e. The fraction of sp³-hybridized carbons (Fsp3) is 0.538. The molecule has 7 heteroatoms. The van der Waals surface area contributed by atoms with Gasteiger partial charge in [-0.3, -0.25) is 4.55 Å². The van der Waals surface area contributed by atoms with Gasteiger partial charge in [0.05, 0.1) is 5.75 Å². The van der Waals surface area contributed by atoms with Gasteiger partial charge >= 0.3 is 0 Å². The first kappa shape index (κ1) is 21.0. The van der Waals surface area contributed by atoms with Crippen molar-refractivity contribution >= 4 is 10.1 Å². The second-order valence-corrected chi connectivity index (χ2v) is 5.57. The van der Waals surface area contributed by atoms with Crippen molar-refractivity contribution in [2.45, 2.75) is 34.2 Å². The monoisotopic (exact) mass is 307 g/mol. The maximum atomic E-state index is 10.4. The molecule has 0 aliphatic carbocycles. The van der Waals surface area contributed by atoms with Gasteiger partial charge in [-0.2, -0.15) is 8.42 Å². The zero-order valence-electron chi connectivity index (χ0n) is 9.83. The summed E-state index contributed by atoms with van der Waals surface area (Å²) in [4.78, 5) is 0. The molecule has 1 aromatic carbocycles. The molecule has 0 bridgehead atoms. The molecule has 20 heavy (non-hydrogen) atoms. The van der Waals surface area contributed by atoms with E-state index < -0.39 is 10.1 Å². The Labute approximate surface area is 121 Å². The Hall–Kier alpha value is -1.31. The Morgan fingerprint density at radius 1 is 1.05 bits per heavy atom. The summed E-state index contributed by atoms with van der Waals surface area (Å²) in [6.45, 7) is 1.12. The number of rotatable bonds is 7. The van der Waals surface area contributed by atoms with Crippen molar-refractivity contribution in [3.63, 3.8) is 0 Å². The Morgan fingerprint density at radius 3 is 2.25 bits per heavy atom. The van der Waals surface area contributed by atoms with Crippen molar-refractivity contribution < 1.29 is 23.2 Å². The van der Waals surface area contributed by atoms with Crippen LogP contribution in [0.25, 0.3) is 0 Å². The molecular weight excluding hydrogens is 282 g/mol. The summed E-state index contributed by atoms with van der Waals surface area (Å²) >= 11 is 0. The van der Waals surface area contributed by atoms with Gasteiger partial charge in [0.25, 0.3) is 10.1 Å². The van der Waals surface area contributed by atoms with Crippen molar-refractivity contribution in [2.24, 2.45) is 0 Å². The highest BCUT2D eigenvalue weighted by molar-refractivity contribution is 7.85. The molecule has 0 amide bonds. The van der Waals surface area contributed by atoms with Crippen LogP contribution in [0.3, 0.4) is 0 Å². The fourth-order valence-electron chi connectivity index (χ4n) is 1.45. The average Bonchev–Trinajstić information content (AvgIpc) is 2.26. The third-order valence-corrected chi connectivity index (χ3v) is 3.18. The maximum Gasteiger partial charge on any atom is 0.264 e. The van der Waals surface area contributed by atoms with Crippen LogP contribution < -0.4 is 5.32 Å². The second kappa shape index (κ2) is 9.57. The van der Waals surface area contributed by atoms with Gasteiger partial charge in [0.15, 0.2) is 11.5 Å². The van der Waals surface area contributed by atoms with Crippen LogP contribution >= 0.6 is 0 Å². The molecular formula is C13H25NO5S. The third kappa shape index (κ3) is 8.73. The lowest BCUT2D eigenvalue weighted by Gasteiger charge is -2.05. The largest absolute Gasteiger partial charge is 0.504 e. The molecule has 118 valence electrons. The van der Waals surface area contributed by atoms with E-state index in [0.29, 0.717) is 25.9 Å². The Morgan fingerprint density at radius 2 is 1.70 bits per heavy atom. The van der Waals surface area contributed by atoms with Gasteiger partial charge in [0.1, 0.15) is 0 Å². The predicted molar refractivity (Wildman–Crippen MR) is 80.6 cm³/mol. The molecule has 0 aliphatic rings. The highest BCUT2D eigenvalue weighted by Gasteiger charge is 2.03. The number of aromatic hydroxyl groups is 2. The third-order valence-electron chi connectivity index (χ3n) is 2.37. The molecule has 0 saturated heterocycles. The summed E-state index contributed by atoms with van der Waals surface area (Å²) in [7, 11) is -3.86. The Bertz CT molecular complexity index is 488. The van der Waals surface area contributed by atoms with Crippen LogP contribution in [0.2, 0.25) is 0 Å². The number of unbranched alkanes of at least 4 members (excludes halogenated alkanes) is 1. The van der Waals surface area contributed by atoms with Crippen LogP contribution in [-0.4, -0.2) is 35.5 Å². The summed E-state index contributed by atoms with van der Waals surface area (Å²) in [5, 5.41) is 21.4. The molecule has 0 aliphatic heterocycles. The van der Waals surface area contributed by atoms with E-state index in [0.717, 1.165) is 5.56 Å². The molecule has 1 aromatic rings. The summed E-state index contributed by atoms with van der Waals surface area (Å²) in [5.41, 5.74) is 0.820. The predicted octanol–water partition coefficient (Wildman–Crippen LogP) is 2.13. The lowest BCUT2D eigenvalue weighted by Crippen LogP contribution is -2.15. The van der Waals surface area contributed by atoms with E-state index in [9.17, 15) is 13.5 Å². The van der Waals surface area contributed by atoms with Gasteiger partial charge < -0.3 is 15.5 Å². The van der Waals surface area contributed by atoms with Gasteiger partial charge in [-0.05, 0) is 37.1 Å². The van der Waals surface area contributed by atoms with Gasteiger partial charge in [-0.25, -0.2) is 0 Å². The average molecular weight is 307 g/mol. The summed E-state index contributed by atoms with van der Waals surface area (Å²) in [6.07, 6.45) is 1.02. The minimum absolute atomic E-state index is 0. The molecule has 0 fully saturated rings. The quantitative estimate of drug-likeness (QED) is 0.349. The lowest BCUT2D eigenvalue weighted by molar-refractivity contribution is 0.403. The van der Waals surface area contributed by atoms with Crippen molar-refractivity contribution in [1.29, 1.82) is 0 Å². The molecule has 0 atom stereocenters. The maximum absolute atomic E-state index is 10.4. The Kier molecular flexibility index (Phi) is 10.0. The van der Waals surface area contributed by atoms with E-state index in [1.165, 1.54) is 12.1 Å². The first-order chi connectivity index (χ1) is 8.38. The van der Waals surface area contributed by atoms with Crippen LogP contribution in [0.15, 0.2) is 18.2 Å². The van der Waals surface area contributed by atoms with Gasteiger partial charge in [0, 0.05) is 6.54 Å². The number of nitrogens with one attached hydrogen (secondary N) is 1. The lowest BCUT2D eigenvalue weighted by atomic mass is 10.2. The molecule has 6 nitrogen and oxygen atoms in total. The molecule has 0 heterocycles. The van der Waals surface area contributed by atoms with E-state index in [2.05, 4.69) is 5.32 Å². The number of benzene rings is 1. The summed E-state index contributed by atoms with van der Waals surface area (Å²) < 4.78 is 29.4. The first-order valence-electron chi connectivity index (χ1n) is 5.55. The molecule has 0 saturated carbocycles. The number of hydrogen-bond donors (Lipinski definition) is 4. The highest BCUT2D eigenvalue weighted by Crippen LogP contribution is 2.24. The fourth-order valence-corrected chi connectivity index (χ4v) is 2.02. The minimum Gasteiger partial charge on any atom is -0.504 e. The highest BCUT2D eigenvalue weighted by atomic mass is 32.2. The zero-order valence-corrected chi connectivity index (χ0v) is 10.7. The number of phenolic OH excluding ortho intramolecular Hbond substituents is 2. The second-order valence-electron chi connectivity index (χ2n) is 3.99.